The van der Waals surface area contributed by atoms with Crippen LogP contribution >= 0.6 is 15.9 Å². The minimum atomic E-state index is 0.347. The summed E-state index contributed by atoms with van der Waals surface area (Å²) in [6, 6.07) is 9.32. The van der Waals surface area contributed by atoms with Gasteiger partial charge in [-0.15, -0.1) is 0 Å². The minimum absolute atomic E-state index is 0.347. The van der Waals surface area contributed by atoms with Gasteiger partial charge >= 0.3 is 0 Å². The molecule has 1 aliphatic carbocycles. The van der Waals surface area contributed by atoms with Crippen molar-refractivity contribution in [1.82, 2.24) is 4.98 Å². The Morgan fingerprint density at radius 2 is 2.15 bits per heavy atom. The Morgan fingerprint density at radius 1 is 1.30 bits per heavy atom. The number of anilines is 1. The van der Waals surface area contributed by atoms with Crippen molar-refractivity contribution in [3.63, 3.8) is 0 Å². The quantitative estimate of drug-likeness (QED) is 0.854. The number of nitrogens with two attached hydrogens (primary N) is 1. The van der Waals surface area contributed by atoms with Crippen LogP contribution < -0.4 is 10.5 Å². The number of rotatable bonds is 2. The summed E-state index contributed by atoms with van der Waals surface area (Å²) in [5, 5.41) is 9.25. The second-order valence-electron chi connectivity index (χ2n) is 4.70. The summed E-state index contributed by atoms with van der Waals surface area (Å²) in [6.07, 6.45) is 3.01. The van der Waals surface area contributed by atoms with Crippen LogP contribution in [0, 0.1) is 11.3 Å². The van der Waals surface area contributed by atoms with Gasteiger partial charge in [0, 0.05) is 17.4 Å². The minimum Gasteiger partial charge on any atom is -0.436 e. The van der Waals surface area contributed by atoms with Gasteiger partial charge in [-0.2, -0.15) is 5.26 Å². The molecule has 0 radical (unpaired) electrons. The fourth-order valence-corrected chi connectivity index (χ4v) is 2.64. The highest BCUT2D eigenvalue weighted by molar-refractivity contribution is 9.10. The average Bonchev–Trinajstić information content (AvgIpc) is 2.89. The molecule has 4 nitrogen and oxygen atoms in total. The lowest BCUT2D eigenvalue weighted by Crippen LogP contribution is -1.98. The Labute approximate surface area is 125 Å². The first kappa shape index (κ1) is 12.9. The molecule has 2 aromatic rings. The van der Waals surface area contributed by atoms with Crippen LogP contribution in [0.4, 0.5) is 5.69 Å². The smallest absolute Gasteiger partial charge is 0.237 e. The molecule has 1 aromatic carbocycles. The van der Waals surface area contributed by atoms with Crippen molar-refractivity contribution in [3.05, 3.63) is 45.6 Å². The summed E-state index contributed by atoms with van der Waals surface area (Å²) in [6.45, 7) is 0. The van der Waals surface area contributed by atoms with E-state index in [0.717, 1.165) is 35.0 Å². The van der Waals surface area contributed by atoms with Crippen molar-refractivity contribution in [1.29, 1.82) is 5.26 Å². The van der Waals surface area contributed by atoms with Crippen LogP contribution in [0.1, 0.15) is 23.2 Å². The normalized spacial score (nSPS) is 12.8. The number of aromatic nitrogens is 1. The molecule has 0 atom stereocenters. The third-order valence-electron chi connectivity index (χ3n) is 3.30. The molecule has 0 amide bonds. The van der Waals surface area contributed by atoms with Gasteiger partial charge in [0.2, 0.25) is 5.88 Å². The third kappa shape index (κ3) is 2.35. The van der Waals surface area contributed by atoms with E-state index >= 15 is 0 Å². The number of halogens is 1. The lowest BCUT2D eigenvalue weighted by atomic mass is 10.1. The van der Waals surface area contributed by atoms with Crippen molar-refractivity contribution in [2.75, 3.05) is 5.73 Å². The predicted molar refractivity (Wildman–Crippen MR) is 79.6 cm³/mol. The summed E-state index contributed by atoms with van der Waals surface area (Å²) < 4.78 is 6.55. The van der Waals surface area contributed by atoms with E-state index in [1.54, 1.807) is 12.1 Å². The van der Waals surface area contributed by atoms with E-state index in [-0.39, 0.29) is 0 Å². The van der Waals surface area contributed by atoms with Crippen molar-refractivity contribution in [3.8, 4) is 17.7 Å². The van der Waals surface area contributed by atoms with Crippen molar-refractivity contribution in [2.24, 2.45) is 0 Å². The van der Waals surface area contributed by atoms with E-state index in [0.29, 0.717) is 22.9 Å². The SMILES string of the molecule is N#Cc1cc2c(nc1Oc1cc(N)ccc1Br)CCC2. The van der Waals surface area contributed by atoms with Crippen LogP contribution in [0.3, 0.4) is 0 Å². The molecule has 1 aliphatic rings. The van der Waals surface area contributed by atoms with E-state index in [1.807, 2.05) is 12.1 Å². The number of hydrogen-bond donors (Lipinski definition) is 1. The molecule has 0 bridgehead atoms. The maximum absolute atomic E-state index is 9.25. The van der Waals surface area contributed by atoms with Crippen LogP contribution in [0.25, 0.3) is 0 Å². The van der Waals surface area contributed by atoms with Crippen LogP contribution in [-0.2, 0) is 12.8 Å². The van der Waals surface area contributed by atoms with E-state index in [1.165, 1.54) is 0 Å². The molecule has 0 saturated carbocycles. The van der Waals surface area contributed by atoms with Crippen LogP contribution in [0.15, 0.2) is 28.7 Å². The molecule has 0 aliphatic heterocycles. The zero-order valence-electron chi connectivity index (χ0n) is 10.7. The highest BCUT2D eigenvalue weighted by Crippen LogP contribution is 2.34. The summed E-state index contributed by atoms with van der Waals surface area (Å²) >= 11 is 3.41. The Morgan fingerprint density at radius 3 is 2.95 bits per heavy atom. The van der Waals surface area contributed by atoms with Gasteiger partial charge in [-0.1, -0.05) is 0 Å². The van der Waals surface area contributed by atoms with E-state index in [2.05, 4.69) is 27.0 Å². The molecule has 20 heavy (non-hydrogen) atoms. The molecule has 0 spiro atoms. The third-order valence-corrected chi connectivity index (χ3v) is 3.95. The molecule has 0 fully saturated rings. The van der Waals surface area contributed by atoms with Crippen molar-refractivity contribution in [2.45, 2.75) is 19.3 Å². The molecule has 5 heteroatoms. The second kappa shape index (κ2) is 5.14. The number of ether oxygens (including phenoxy) is 1. The Kier molecular flexibility index (Phi) is 3.33. The van der Waals surface area contributed by atoms with Crippen LogP contribution in [-0.4, -0.2) is 4.98 Å². The van der Waals surface area contributed by atoms with E-state index < -0.39 is 0 Å². The second-order valence-corrected chi connectivity index (χ2v) is 5.56. The molecular weight excluding hydrogens is 318 g/mol. The van der Waals surface area contributed by atoms with Gasteiger partial charge in [-0.3, -0.25) is 0 Å². The number of pyridine rings is 1. The van der Waals surface area contributed by atoms with Gasteiger partial charge in [-0.05, 0) is 59.0 Å². The fraction of sp³-hybridized carbons (Fsp3) is 0.200. The fourth-order valence-electron chi connectivity index (χ4n) is 2.31. The number of hydrogen-bond acceptors (Lipinski definition) is 4. The van der Waals surface area contributed by atoms with Gasteiger partial charge in [0.05, 0.1) is 4.47 Å². The topological polar surface area (TPSA) is 71.9 Å². The first-order chi connectivity index (χ1) is 9.67. The summed E-state index contributed by atoms with van der Waals surface area (Å²) in [7, 11) is 0. The lowest BCUT2D eigenvalue weighted by molar-refractivity contribution is 0.457. The van der Waals surface area contributed by atoms with Gasteiger partial charge in [0.15, 0.2) is 0 Å². The van der Waals surface area contributed by atoms with Crippen LogP contribution in [0.5, 0.6) is 11.6 Å². The Balaban J connectivity index is 2.02. The number of fused-ring (bicyclic) bond motifs is 1. The highest BCUT2D eigenvalue weighted by atomic mass is 79.9. The predicted octanol–water partition coefficient (Wildman–Crippen LogP) is 3.58. The Bertz CT molecular complexity index is 722. The highest BCUT2D eigenvalue weighted by Gasteiger charge is 2.18. The largest absolute Gasteiger partial charge is 0.436 e. The maximum atomic E-state index is 9.25. The molecule has 1 heterocycles. The molecule has 100 valence electrons. The molecule has 2 N–H and O–H groups in total. The van der Waals surface area contributed by atoms with Gasteiger partial charge in [0.25, 0.3) is 0 Å². The van der Waals surface area contributed by atoms with Gasteiger partial charge in [0.1, 0.15) is 17.4 Å². The Hall–Kier alpha value is -2.06. The molecule has 0 saturated heterocycles. The van der Waals surface area contributed by atoms with Gasteiger partial charge < -0.3 is 10.5 Å². The summed E-state index contributed by atoms with van der Waals surface area (Å²) in [4.78, 5) is 4.48. The summed E-state index contributed by atoms with van der Waals surface area (Å²) in [5.74, 6) is 0.909. The monoisotopic (exact) mass is 329 g/mol. The number of nitrogens with zero attached hydrogens (tertiary/aromatic N) is 2. The number of nitrogen functional groups attached to an aromatic ring is 1. The number of benzene rings is 1. The zero-order valence-corrected chi connectivity index (χ0v) is 12.3. The van der Waals surface area contributed by atoms with E-state index in [4.69, 9.17) is 10.5 Å². The van der Waals surface area contributed by atoms with Crippen molar-refractivity contribution >= 4 is 21.6 Å². The summed E-state index contributed by atoms with van der Waals surface area (Å²) in [5.41, 5.74) is 8.99. The van der Waals surface area contributed by atoms with Gasteiger partial charge in [-0.25, -0.2) is 4.98 Å². The molecular formula is C15H12BrN3O. The molecule has 0 unspecified atom stereocenters. The number of nitriles is 1. The molecule has 1 aromatic heterocycles. The first-order valence-corrected chi connectivity index (χ1v) is 7.12. The maximum Gasteiger partial charge on any atom is 0.237 e. The van der Waals surface area contributed by atoms with Crippen molar-refractivity contribution < 1.29 is 4.74 Å². The standard InChI is InChI=1S/C15H12BrN3O/c16-12-5-4-11(18)7-14(12)20-15-10(8-17)6-9-2-1-3-13(9)19-15/h4-7H,1-3,18H2. The average molecular weight is 330 g/mol. The lowest BCUT2D eigenvalue weighted by Gasteiger charge is -2.10. The van der Waals surface area contributed by atoms with E-state index in [9.17, 15) is 5.26 Å². The first-order valence-electron chi connectivity index (χ1n) is 6.33. The van der Waals surface area contributed by atoms with Crippen LogP contribution in [0.2, 0.25) is 0 Å². The number of aryl methyl sites for hydroxylation is 2. The molecule has 3 rings (SSSR count). The zero-order chi connectivity index (χ0) is 14.1.